The maximum Gasteiger partial charge on any atom is 0.225 e. The lowest BCUT2D eigenvalue weighted by molar-refractivity contribution is -0.136. The molecular formula is C24H38N4O2. The van der Waals surface area contributed by atoms with Crippen LogP contribution in [0.5, 0.6) is 0 Å². The van der Waals surface area contributed by atoms with Gasteiger partial charge in [-0.25, -0.2) is 0 Å². The van der Waals surface area contributed by atoms with Gasteiger partial charge in [0.1, 0.15) is 0 Å². The van der Waals surface area contributed by atoms with Crippen LogP contribution < -0.4 is 10.6 Å². The molecule has 1 aromatic carbocycles. The summed E-state index contributed by atoms with van der Waals surface area (Å²) in [7, 11) is 1.82. The Bertz CT molecular complexity index is 682. The van der Waals surface area contributed by atoms with Crippen molar-refractivity contribution in [1.29, 1.82) is 0 Å². The molecule has 2 aliphatic heterocycles. The first-order valence-electron chi connectivity index (χ1n) is 11.6. The summed E-state index contributed by atoms with van der Waals surface area (Å²) >= 11 is 0. The molecule has 2 atom stereocenters. The van der Waals surface area contributed by atoms with Crippen LogP contribution in [-0.2, 0) is 9.53 Å². The van der Waals surface area contributed by atoms with Gasteiger partial charge in [-0.05, 0) is 37.7 Å². The summed E-state index contributed by atoms with van der Waals surface area (Å²) in [5, 5.41) is 7.07. The molecule has 0 aliphatic carbocycles. The summed E-state index contributed by atoms with van der Waals surface area (Å²) in [4.78, 5) is 19.1. The molecule has 2 fully saturated rings. The van der Waals surface area contributed by atoms with Crippen molar-refractivity contribution in [3.63, 3.8) is 0 Å². The topological polar surface area (TPSA) is 66.0 Å². The molecule has 2 heterocycles. The molecule has 3 rings (SSSR count). The van der Waals surface area contributed by atoms with E-state index in [1.807, 2.05) is 18.0 Å². The van der Waals surface area contributed by atoms with Crippen LogP contribution in [-0.4, -0.2) is 56.1 Å². The van der Waals surface area contributed by atoms with E-state index in [9.17, 15) is 4.79 Å². The molecular weight excluding hydrogens is 376 g/mol. The zero-order chi connectivity index (χ0) is 21.3. The van der Waals surface area contributed by atoms with Crippen LogP contribution in [0.3, 0.4) is 0 Å². The van der Waals surface area contributed by atoms with Gasteiger partial charge in [0.05, 0.1) is 6.10 Å². The Balaban J connectivity index is 1.45. The van der Waals surface area contributed by atoms with Gasteiger partial charge in [-0.3, -0.25) is 9.79 Å². The monoisotopic (exact) mass is 414 g/mol. The highest BCUT2D eigenvalue weighted by atomic mass is 16.5. The van der Waals surface area contributed by atoms with Gasteiger partial charge in [0.15, 0.2) is 5.96 Å². The number of likely N-dealkylation sites (tertiary alicyclic amines) is 1. The molecule has 0 saturated carbocycles. The van der Waals surface area contributed by atoms with Crippen molar-refractivity contribution in [2.24, 2.45) is 16.8 Å². The van der Waals surface area contributed by atoms with E-state index >= 15 is 0 Å². The molecule has 2 aliphatic rings. The average Bonchev–Trinajstić information content (AvgIpc) is 3.27. The molecule has 1 amide bonds. The van der Waals surface area contributed by atoms with Crippen molar-refractivity contribution in [2.45, 2.75) is 58.1 Å². The van der Waals surface area contributed by atoms with Crippen LogP contribution in [0.25, 0.3) is 0 Å². The number of nitrogens with one attached hydrogen (secondary N) is 2. The van der Waals surface area contributed by atoms with Crippen LogP contribution in [0.2, 0.25) is 0 Å². The molecule has 0 spiro atoms. The Morgan fingerprint density at radius 3 is 2.50 bits per heavy atom. The third kappa shape index (κ3) is 5.75. The van der Waals surface area contributed by atoms with E-state index in [4.69, 9.17) is 4.74 Å². The second-order valence-corrected chi connectivity index (χ2v) is 8.46. The van der Waals surface area contributed by atoms with E-state index in [0.29, 0.717) is 17.9 Å². The molecule has 1 aromatic rings. The molecule has 0 bridgehead atoms. The van der Waals surface area contributed by atoms with E-state index in [2.05, 4.69) is 53.7 Å². The van der Waals surface area contributed by atoms with Gasteiger partial charge in [-0.1, -0.05) is 44.2 Å². The zero-order valence-electron chi connectivity index (χ0n) is 18.8. The highest BCUT2D eigenvalue weighted by Gasteiger charge is 2.30. The molecule has 2 unspecified atom stereocenters. The Labute approximate surface area is 181 Å². The first kappa shape index (κ1) is 22.6. The number of carbonyl (C=O) groups is 1. The van der Waals surface area contributed by atoms with E-state index in [-0.39, 0.29) is 12.0 Å². The fraction of sp³-hybridized carbons (Fsp3) is 0.667. The highest BCUT2D eigenvalue weighted by Crippen LogP contribution is 2.33. The third-order valence-corrected chi connectivity index (χ3v) is 6.58. The van der Waals surface area contributed by atoms with Crippen LogP contribution in [0.1, 0.15) is 57.6 Å². The Morgan fingerprint density at radius 2 is 1.87 bits per heavy atom. The van der Waals surface area contributed by atoms with E-state index in [1.165, 1.54) is 5.56 Å². The van der Waals surface area contributed by atoms with Gasteiger partial charge in [0, 0.05) is 51.2 Å². The molecule has 2 saturated heterocycles. The van der Waals surface area contributed by atoms with Crippen molar-refractivity contribution in [3.05, 3.63) is 35.9 Å². The number of hydrogen-bond acceptors (Lipinski definition) is 3. The standard InChI is InChI=1S/C24H38N4O2/c1-4-18(5-2)23(29)28-14-11-21(12-15-28)27-24(25-3)26-17-20-13-16-30-22(20)19-9-7-6-8-10-19/h6-10,18,20-22H,4-5,11-17H2,1-3H3,(H2,25,26,27). The van der Waals surface area contributed by atoms with Gasteiger partial charge in [0.25, 0.3) is 0 Å². The van der Waals surface area contributed by atoms with Crippen LogP contribution >= 0.6 is 0 Å². The number of benzene rings is 1. The second-order valence-electron chi connectivity index (χ2n) is 8.46. The number of guanidine groups is 1. The van der Waals surface area contributed by atoms with E-state index in [0.717, 1.165) is 64.3 Å². The lowest BCUT2D eigenvalue weighted by atomic mass is 9.95. The number of carbonyl (C=O) groups excluding carboxylic acids is 1. The molecule has 0 radical (unpaired) electrons. The Hall–Kier alpha value is -2.08. The van der Waals surface area contributed by atoms with Gasteiger partial charge in [-0.15, -0.1) is 0 Å². The number of aliphatic imine (C=N–C) groups is 1. The van der Waals surface area contributed by atoms with E-state index in [1.54, 1.807) is 0 Å². The fourth-order valence-corrected chi connectivity index (χ4v) is 4.61. The molecule has 6 nitrogen and oxygen atoms in total. The number of rotatable bonds is 7. The Morgan fingerprint density at radius 1 is 1.17 bits per heavy atom. The summed E-state index contributed by atoms with van der Waals surface area (Å²) in [6.07, 6.45) is 4.99. The minimum atomic E-state index is 0.149. The normalized spacial score (nSPS) is 23.1. The third-order valence-electron chi connectivity index (χ3n) is 6.58. The smallest absolute Gasteiger partial charge is 0.225 e. The minimum Gasteiger partial charge on any atom is -0.373 e. The Kier molecular flexibility index (Phi) is 8.55. The van der Waals surface area contributed by atoms with E-state index < -0.39 is 0 Å². The molecule has 6 heteroatoms. The summed E-state index contributed by atoms with van der Waals surface area (Å²) < 4.78 is 6.00. The maximum atomic E-state index is 12.6. The van der Waals surface area contributed by atoms with Crippen molar-refractivity contribution in [1.82, 2.24) is 15.5 Å². The number of ether oxygens (including phenoxy) is 1. The molecule has 30 heavy (non-hydrogen) atoms. The highest BCUT2D eigenvalue weighted by molar-refractivity contribution is 5.80. The predicted molar refractivity (Wildman–Crippen MR) is 121 cm³/mol. The first-order chi connectivity index (χ1) is 14.7. The fourth-order valence-electron chi connectivity index (χ4n) is 4.61. The molecule has 2 N–H and O–H groups in total. The van der Waals surface area contributed by atoms with Gasteiger partial charge in [-0.2, -0.15) is 0 Å². The van der Waals surface area contributed by atoms with Crippen LogP contribution in [0.4, 0.5) is 0 Å². The van der Waals surface area contributed by atoms with Crippen molar-refractivity contribution >= 4 is 11.9 Å². The first-order valence-corrected chi connectivity index (χ1v) is 11.6. The molecule has 166 valence electrons. The summed E-state index contributed by atoms with van der Waals surface area (Å²) in [5.41, 5.74) is 1.25. The summed E-state index contributed by atoms with van der Waals surface area (Å²) in [5.74, 6) is 1.79. The number of piperidine rings is 1. The minimum absolute atomic E-state index is 0.149. The zero-order valence-corrected chi connectivity index (χ0v) is 18.8. The lowest BCUT2D eigenvalue weighted by Gasteiger charge is -2.35. The van der Waals surface area contributed by atoms with Crippen molar-refractivity contribution < 1.29 is 9.53 Å². The second kappa shape index (κ2) is 11.3. The SMILES string of the molecule is CCC(CC)C(=O)N1CCC(NC(=NC)NCC2CCOC2c2ccccc2)CC1. The molecule has 0 aromatic heterocycles. The summed E-state index contributed by atoms with van der Waals surface area (Å²) in [6.45, 7) is 7.51. The number of nitrogens with zero attached hydrogens (tertiary/aromatic N) is 2. The van der Waals surface area contributed by atoms with Crippen molar-refractivity contribution in [3.8, 4) is 0 Å². The maximum absolute atomic E-state index is 12.6. The van der Waals surface area contributed by atoms with Crippen LogP contribution in [0, 0.1) is 11.8 Å². The van der Waals surface area contributed by atoms with Gasteiger partial charge < -0.3 is 20.3 Å². The van der Waals surface area contributed by atoms with Crippen molar-refractivity contribution in [2.75, 3.05) is 33.3 Å². The predicted octanol–water partition coefficient (Wildman–Crippen LogP) is 3.36. The number of amides is 1. The largest absolute Gasteiger partial charge is 0.373 e. The number of hydrogen-bond donors (Lipinski definition) is 2. The van der Waals surface area contributed by atoms with Gasteiger partial charge in [0.2, 0.25) is 5.91 Å². The van der Waals surface area contributed by atoms with Gasteiger partial charge >= 0.3 is 0 Å². The summed E-state index contributed by atoms with van der Waals surface area (Å²) in [6, 6.07) is 10.8. The lowest BCUT2D eigenvalue weighted by Crippen LogP contribution is -2.51. The average molecular weight is 415 g/mol. The van der Waals surface area contributed by atoms with Crippen LogP contribution in [0.15, 0.2) is 35.3 Å². The quantitative estimate of drug-likeness (QED) is 0.530.